The van der Waals surface area contributed by atoms with Crippen molar-refractivity contribution in [3.05, 3.63) is 94.6 Å². The summed E-state index contributed by atoms with van der Waals surface area (Å²) in [5, 5.41) is 3.99. The molecular weight excluding hydrogens is 357 g/mol. The number of nitrogens with zero attached hydrogens (tertiary/aromatic N) is 2. The predicted molar refractivity (Wildman–Crippen MR) is 106 cm³/mol. The van der Waals surface area contributed by atoms with Crippen LogP contribution in [0.2, 0.25) is 0 Å². The summed E-state index contributed by atoms with van der Waals surface area (Å²) in [5.41, 5.74) is 6.38. The molecule has 0 fully saturated rings. The summed E-state index contributed by atoms with van der Waals surface area (Å²) in [6.07, 6.45) is 3.13. The minimum Gasteiger partial charge on any atom is -0.488 e. The fourth-order valence-corrected chi connectivity index (χ4v) is 2.74. The Morgan fingerprint density at radius 1 is 1.14 bits per heavy atom. The van der Waals surface area contributed by atoms with Gasteiger partial charge in [0.15, 0.2) is 0 Å². The lowest BCUT2D eigenvalue weighted by molar-refractivity contribution is 0.0950. The van der Waals surface area contributed by atoms with Crippen molar-refractivity contribution in [1.82, 2.24) is 10.4 Å². The number of nitrogens with one attached hydrogen (secondary N) is 1. The Balaban J connectivity index is 1.64. The van der Waals surface area contributed by atoms with Gasteiger partial charge in [0.1, 0.15) is 23.9 Å². The molecule has 0 atom stereocenters. The van der Waals surface area contributed by atoms with Crippen LogP contribution in [0.3, 0.4) is 0 Å². The van der Waals surface area contributed by atoms with Crippen LogP contribution in [0.4, 0.5) is 4.39 Å². The maximum Gasteiger partial charge on any atom is 0.289 e. The summed E-state index contributed by atoms with van der Waals surface area (Å²) in [6.45, 7) is 4.24. The van der Waals surface area contributed by atoms with Gasteiger partial charge in [0.25, 0.3) is 5.91 Å². The molecule has 0 saturated heterocycles. The fourth-order valence-electron chi connectivity index (χ4n) is 2.74. The molecule has 1 heterocycles. The van der Waals surface area contributed by atoms with Crippen LogP contribution in [0.25, 0.3) is 0 Å². The number of carbonyl (C=O) groups is 1. The number of hydrogen-bond donors (Lipinski definition) is 1. The van der Waals surface area contributed by atoms with Gasteiger partial charge in [-0.25, -0.2) is 9.82 Å². The number of halogens is 1. The largest absolute Gasteiger partial charge is 0.488 e. The number of carbonyl (C=O) groups excluding carboxylic acids is 1. The highest BCUT2D eigenvalue weighted by molar-refractivity contribution is 5.93. The molecule has 5 nitrogen and oxygen atoms in total. The first-order valence-electron chi connectivity index (χ1n) is 8.76. The first kappa shape index (κ1) is 19.2. The standard InChI is InChI=1S/C22H20FN3O2/c1-15-11-18(13-25-26-22(27)20-5-3-4-10-24-20)12-16(2)21(15)28-14-17-6-8-19(23)9-7-17/h3-13H,14H2,1-2H3,(H,26,27)/b25-13-. The van der Waals surface area contributed by atoms with E-state index in [0.717, 1.165) is 28.0 Å². The fraction of sp³-hybridized carbons (Fsp3) is 0.136. The Kier molecular flexibility index (Phi) is 6.11. The summed E-state index contributed by atoms with van der Waals surface area (Å²) < 4.78 is 18.9. The number of rotatable bonds is 6. The second-order valence-corrected chi connectivity index (χ2v) is 6.31. The number of pyridine rings is 1. The smallest absolute Gasteiger partial charge is 0.289 e. The monoisotopic (exact) mass is 377 g/mol. The van der Waals surface area contributed by atoms with Crippen molar-refractivity contribution >= 4 is 12.1 Å². The van der Waals surface area contributed by atoms with E-state index in [9.17, 15) is 9.18 Å². The highest BCUT2D eigenvalue weighted by atomic mass is 19.1. The molecule has 0 aliphatic carbocycles. The van der Waals surface area contributed by atoms with Gasteiger partial charge in [-0.15, -0.1) is 0 Å². The highest BCUT2D eigenvalue weighted by Gasteiger charge is 2.07. The van der Waals surface area contributed by atoms with E-state index in [0.29, 0.717) is 12.3 Å². The van der Waals surface area contributed by atoms with Gasteiger partial charge in [0.05, 0.1) is 6.21 Å². The Bertz CT molecular complexity index is 963. The van der Waals surface area contributed by atoms with Crippen LogP contribution in [0, 0.1) is 19.7 Å². The molecule has 0 aliphatic heterocycles. The van der Waals surface area contributed by atoms with Gasteiger partial charge in [-0.1, -0.05) is 18.2 Å². The molecule has 0 saturated carbocycles. The number of benzene rings is 2. The lowest BCUT2D eigenvalue weighted by Crippen LogP contribution is -2.18. The minimum absolute atomic E-state index is 0.269. The van der Waals surface area contributed by atoms with Crippen molar-refractivity contribution in [2.45, 2.75) is 20.5 Å². The average Bonchev–Trinajstić information content (AvgIpc) is 2.69. The highest BCUT2D eigenvalue weighted by Crippen LogP contribution is 2.25. The van der Waals surface area contributed by atoms with E-state index in [4.69, 9.17) is 4.74 Å². The van der Waals surface area contributed by atoms with E-state index in [-0.39, 0.29) is 11.7 Å². The number of amides is 1. The molecule has 1 N–H and O–H groups in total. The number of hydrogen-bond acceptors (Lipinski definition) is 4. The molecule has 2 aromatic carbocycles. The average molecular weight is 377 g/mol. The van der Waals surface area contributed by atoms with Gasteiger partial charge in [-0.2, -0.15) is 5.10 Å². The summed E-state index contributed by atoms with van der Waals surface area (Å²) >= 11 is 0. The van der Waals surface area contributed by atoms with Gasteiger partial charge in [0, 0.05) is 6.20 Å². The topological polar surface area (TPSA) is 63.6 Å². The van der Waals surface area contributed by atoms with E-state index < -0.39 is 0 Å². The molecule has 3 aromatic rings. The summed E-state index contributed by atoms with van der Waals surface area (Å²) in [5.74, 6) is 0.137. The second-order valence-electron chi connectivity index (χ2n) is 6.31. The Morgan fingerprint density at radius 3 is 2.50 bits per heavy atom. The second kappa shape index (κ2) is 8.90. The van der Waals surface area contributed by atoms with Crippen LogP contribution >= 0.6 is 0 Å². The molecule has 0 bridgehead atoms. The van der Waals surface area contributed by atoms with E-state index in [1.807, 2.05) is 26.0 Å². The lowest BCUT2D eigenvalue weighted by Gasteiger charge is -2.13. The first-order valence-corrected chi connectivity index (χ1v) is 8.76. The molecular formula is C22H20FN3O2. The SMILES string of the molecule is Cc1cc(/C=N\NC(=O)c2ccccn2)cc(C)c1OCc1ccc(F)cc1. The maximum absolute atomic E-state index is 13.0. The predicted octanol–water partition coefficient (Wildman–Crippen LogP) is 4.18. The maximum atomic E-state index is 13.0. The molecule has 1 aromatic heterocycles. The number of ether oxygens (including phenoxy) is 1. The van der Waals surface area contributed by atoms with Crippen LogP contribution in [0.1, 0.15) is 32.7 Å². The first-order chi connectivity index (χ1) is 13.5. The molecule has 6 heteroatoms. The van der Waals surface area contributed by atoms with E-state index in [1.165, 1.54) is 12.1 Å². The molecule has 142 valence electrons. The normalized spacial score (nSPS) is 10.8. The number of aromatic nitrogens is 1. The summed E-state index contributed by atoms with van der Waals surface area (Å²) in [6, 6.07) is 15.2. The van der Waals surface area contributed by atoms with Crippen molar-refractivity contribution in [3.8, 4) is 5.75 Å². The summed E-state index contributed by atoms with van der Waals surface area (Å²) in [7, 11) is 0. The quantitative estimate of drug-likeness (QED) is 0.518. The third-order valence-electron chi connectivity index (χ3n) is 4.06. The molecule has 0 aliphatic rings. The number of aryl methyl sites for hydroxylation is 2. The Morgan fingerprint density at radius 2 is 1.86 bits per heavy atom. The van der Waals surface area contributed by atoms with Gasteiger partial charge < -0.3 is 4.74 Å². The van der Waals surface area contributed by atoms with Gasteiger partial charge in [0.2, 0.25) is 0 Å². The van der Waals surface area contributed by atoms with Gasteiger partial charge in [-0.3, -0.25) is 9.78 Å². The van der Waals surface area contributed by atoms with Crippen molar-refractivity contribution in [1.29, 1.82) is 0 Å². The van der Waals surface area contributed by atoms with Crippen LogP contribution in [-0.4, -0.2) is 17.1 Å². The Hall–Kier alpha value is -3.54. The van der Waals surface area contributed by atoms with Crippen molar-refractivity contribution in [2.24, 2.45) is 5.10 Å². The molecule has 0 spiro atoms. The van der Waals surface area contributed by atoms with Crippen molar-refractivity contribution < 1.29 is 13.9 Å². The van der Waals surface area contributed by atoms with E-state index in [2.05, 4.69) is 15.5 Å². The number of hydrazone groups is 1. The van der Waals surface area contributed by atoms with E-state index in [1.54, 1.807) is 42.7 Å². The van der Waals surface area contributed by atoms with Crippen LogP contribution in [0.5, 0.6) is 5.75 Å². The zero-order valence-electron chi connectivity index (χ0n) is 15.6. The molecule has 3 rings (SSSR count). The third-order valence-corrected chi connectivity index (χ3v) is 4.06. The van der Waals surface area contributed by atoms with E-state index >= 15 is 0 Å². The van der Waals surface area contributed by atoms with Gasteiger partial charge in [-0.05, 0) is 72.5 Å². The lowest BCUT2D eigenvalue weighted by atomic mass is 10.1. The van der Waals surface area contributed by atoms with Crippen molar-refractivity contribution in [3.63, 3.8) is 0 Å². The summed E-state index contributed by atoms with van der Waals surface area (Å²) in [4.78, 5) is 15.9. The van der Waals surface area contributed by atoms with Crippen LogP contribution in [0.15, 0.2) is 65.9 Å². The molecule has 28 heavy (non-hydrogen) atoms. The zero-order chi connectivity index (χ0) is 19.9. The molecule has 0 unspecified atom stereocenters. The van der Waals surface area contributed by atoms with Gasteiger partial charge >= 0.3 is 0 Å². The third kappa shape index (κ3) is 5.01. The zero-order valence-corrected chi connectivity index (χ0v) is 15.6. The minimum atomic E-state index is -0.371. The van der Waals surface area contributed by atoms with Crippen molar-refractivity contribution in [2.75, 3.05) is 0 Å². The molecule has 1 amide bonds. The van der Waals surface area contributed by atoms with Crippen LogP contribution < -0.4 is 10.2 Å². The van der Waals surface area contributed by atoms with Crippen LogP contribution in [-0.2, 0) is 6.61 Å². The Labute approximate surface area is 162 Å². The molecule has 0 radical (unpaired) electrons.